The van der Waals surface area contributed by atoms with E-state index < -0.39 is 28.4 Å². The number of nitro groups is 1. The number of rotatable bonds is 4. The van der Waals surface area contributed by atoms with E-state index in [9.17, 15) is 32.9 Å². The van der Waals surface area contributed by atoms with Crippen molar-refractivity contribution in [3.05, 3.63) is 33.9 Å². The number of carbonyl (C=O) groups excluding carboxylic acids is 2. The highest BCUT2D eigenvalue weighted by molar-refractivity contribution is 5.80. The maximum atomic E-state index is 12.9. The quantitative estimate of drug-likeness (QED) is 0.508. The number of piperidine rings is 1. The van der Waals surface area contributed by atoms with Gasteiger partial charge < -0.3 is 19.4 Å². The van der Waals surface area contributed by atoms with Gasteiger partial charge in [-0.2, -0.15) is 13.2 Å². The lowest BCUT2D eigenvalue weighted by Gasteiger charge is -2.39. The molecule has 0 aliphatic carbocycles. The molecule has 1 aromatic carbocycles. The minimum atomic E-state index is -4.67. The largest absolute Gasteiger partial charge is 0.450 e. The molecule has 2 amide bonds. The Morgan fingerprint density at radius 2 is 1.84 bits per heavy atom. The number of nitrogens with zero attached hydrogens (tertiary/aromatic N) is 4. The van der Waals surface area contributed by atoms with Crippen LogP contribution in [0.2, 0.25) is 0 Å². The van der Waals surface area contributed by atoms with Crippen LogP contribution in [-0.2, 0) is 15.7 Å². The number of hydrogen-bond donors (Lipinski definition) is 0. The summed E-state index contributed by atoms with van der Waals surface area (Å²) < 4.78 is 43.8. The van der Waals surface area contributed by atoms with Gasteiger partial charge in [0.1, 0.15) is 5.69 Å². The molecule has 0 aromatic heterocycles. The van der Waals surface area contributed by atoms with Gasteiger partial charge in [0, 0.05) is 45.3 Å². The van der Waals surface area contributed by atoms with E-state index in [2.05, 4.69) is 0 Å². The minimum absolute atomic E-state index is 0.0967. The van der Waals surface area contributed by atoms with Crippen molar-refractivity contribution in [2.45, 2.75) is 25.9 Å². The van der Waals surface area contributed by atoms with Crippen LogP contribution in [0.15, 0.2) is 18.2 Å². The number of piperazine rings is 1. The summed E-state index contributed by atoms with van der Waals surface area (Å²) in [5, 5.41) is 11.4. The van der Waals surface area contributed by atoms with E-state index in [1.165, 1.54) is 4.90 Å². The molecular formula is C20H25F3N4O5. The summed E-state index contributed by atoms with van der Waals surface area (Å²) in [6.07, 6.45) is -3.78. The molecule has 2 heterocycles. The molecule has 0 N–H and O–H groups in total. The molecule has 0 radical (unpaired) electrons. The lowest BCUT2D eigenvalue weighted by atomic mass is 9.96. The summed E-state index contributed by atoms with van der Waals surface area (Å²) in [4.78, 5) is 40.2. The van der Waals surface area contributed by atoms with Gasteiger partial charge in [0.05, 0.1) is 23.0 Å². The van der Waals surface area contributed by atoms with Crippen LogP contribution in [-0.4, -0.2) is 72.6 Å². The molecule has 0 bridgehead atoms. The Morgan fingerprint density at radius 3 is 2.44 bits per heavy atom. The molecule has 3 rings (SSSR count). The van der Waals surface area contributed by atoms with Gasteiger partial charge >= 0.3 is 12.3 Å². The Kier molecular flexibility index (Phi) is 7.09. The van der Waals surface area contributed by atoms with Crippen LogP contribution in [0, 0.1) is 16.0 Å². The molecule has 176 valence electrons. The highest BCUT2D eigenvalue weighted by Crippen LogP contribution is 2.37. The molecule has 2 aliphatic heterocycles. The third-order valence-electron chi connectivity index (χ3n) is 5.73. The fraction of sp³-hybridized carbons (Fsp3) is 0.600. The van der Waals surface area contributed by atoms with Gasteiger partial charge in [0.25, 0.3) is 5.69 Å². The van der Waals surface area contributed by atoms with Crippen molar-refractivity contribution in [3.63, 3.8) is 0 Å². The SMILES string of the molecule is CCOC(=O)N1CCC[C@H](C(=O)N2CCN(c3ccc(C(F)(F)F)cc3[N+](=O)[O-])CC2)C1. The first-order chi connectivity index (χ1) is 15.1. The molecule has 1 atom stereocenters. The summed E-state index contributed by atoms with van der Waals surface area (Å²) in [7, 11) is 0. The maximum absolute atomic E-state index is 12.9. The Bertz CT molecular complexity index is 871. The molecule has 0 spiro atoms. The van der Waals surface area contributed by atoms with Gasteiger partial charge in [-0.3, -0.25) is 14.9 Å². The van der Waals surface area contributed by atoms with Gasteiger partial charge in [0.15, 0.2) is 0 Å². The fourth-order valence-corrected chi connectivity index (χ4v) is 4.10. The average molecular weight is 458 g/mol. The minimum Gasteiger partial charge on any atom is -0.450 e. The second kappa shape index (κ2) is 9.61. The zero-order valence-corrected chi connectivity index (χ0v) is 17.6. The van der Waals surface area contributed by atoms with Crippen LogP contribution in [0.25, 0.3) is 0 Å². The molecule has 2 saturated heterocycles. The van der Waals surface area contributed by atoms with Crippen LogP contribution in [0.5, 0.6) is 0 Å². The molecule has 9 nitrogen and oxygen atoms in total. The second-order valence-corrected chi connectivity index (χ2v) is 7.75. The number of benzene rings is 1. The van der Waals surface area contributed by atoms with E-state index in [-0.39, 0.29) is 56.8 Å². The van der Waals surface area contributed by atoms with Gasteiger partial charge in [0.2, 0.25) is 5.91 Å². The number of anilines is 1. The first-order valence-electron chi connectivity index (χ1n) is 10.4. The average Bonchev–Trinajstić information content (AvgIpc) is 2.78. The van der Waals surface area contributed by atoms with Crippen molar-refractivity contribution in [2.24, 2.45) is 5.92 Å². The van der Waals surface area contributed by atoms with E-state index in [1.54, 1.807) is 16.7 Å². The van der Waals surface area contributed by atoms with Crippen molar-refractivity contribution in [3.8, 4) is 0 Å². The maximum Gasteiger partial charge on any atom is 0.416 e. The Morgan fingerprint density at radius 1 is 1.16 bits per heavy atom. The first kappa shape index (κ1) is 23.6. The fourth-order valence-electron chi connectivity index (χ4n) is 4.10. The van der Waals surface area contributed by atoms with Crippen molar-refractivity contribution in [2.75, 3.05) is 50.8 Å². The summed E-state index contributed by atoms with van der Waals surface area (Å²) >= 11 is 0. The van der Waals surface area contributed by atoms with E-state index >= 15 is 0 Å². The Balaban J connectivity index is 1.64. The third kappa shape index (κ3) is 5.22. The summed E-state index contributed by atoms with van der Waals surface area (Å²) in [5.74, 6) is -0.444. The zero-order chi connectivity index (χ0) is 23.5. The lowest BCUT2D eigenvalue weighted by molar-refractivity contribution is -0.384. The lowest BCUT2D eigenvalue weighted by Crippen LogP contribution is -2.53. The molecule has 2 fully saturated rings. The van der Waals surface area contributed by atoms with Crippen molar-refractivity contribution in [1.29, 1.82) is 0 Å². The standard InChI is InChI=1S/C20H25F3N4O5/c1-2-32-19(29)26-7-3-4-14(13-26)18(28)25-10-8-24(9-11-25)16-6-5-15(20(21,22)23)12-17(16)27(30)31/h5-6,12,14H,2-4,7-11,13H2,1H3/t14-/m0/s1. The molecule has 12 heteroatoms. The summed E-state index contributed by atoms with van der Waals surface area (Å²) in [6, 6.07) is 2.47. The normalized spacial score (nSPS) is 19.6. The second-order valence-electron chi connectivity index (χ2n) is 7.75. The van der Waals surface area contributed by atoms with Crippen molar-refractivity contribution >= 4 is 23.4 Å². The van der Waals surface area contributed by atoms with Crippen LogP contribution >= 0.6 is 0 Å². The number of ether oxygens (including phenoxy) is 1. The van der Waals surface area contributed by atoms with Crippen molar-refractivity contribution < 1.29 is 32.4 Å². The highest BCUT2D eigenvalue weighted by Gasteiger charge is 2.36. The molecule has 1 aromatic rings. The number of carbonyl (C=O) groups is 2. The van der Waals surface area contributed by atoms with Crippen LogP contribution < -0.4 is 4.90 Å². The predicted octanol–water partition coefficient (Wildman–Crippen LogP) is 3.13. The number of likely N-dealkylation sites (tertiary alicyclic amines) is 1. The number of nitro benzene ring substituents is 1. The summed E-state index contributed by atoms with van der Waals surface area (Å²) in [6.45, 7) is 3.87. The topological polar surface area (TPSA) is 96.2 Å². The third-order valence-corrected chi connectivity index (χ3v) is 5.73. The van der Waals surface area contributed by atoms with E-state index in [4.69, 9.17) is 4.74 Å². The summed E-state index contributed by atoms with van der Waals surface area (Å²) in [5.41, 5.74) is -1.59. The molecular weight excluding hydrogens is 433 g/mol. The number of hydrogen-bond acceptors (Lipinski definition) is 6. The number of halogens is 3. The van der Waals surface area contributed by atoms with E-state index in [0.717, 1.165) is 12.1 Å². The van der Waals surface area contributed by atoms with Crippen LogP contribution in [0.3, 0.4) is 0 Å². The van der Waals surface area contributed by atoms with E-state index in [0.29, 0.717) is 25.5 Å². The number of alkyl halides is 3. The van der Waals surface area contributed by atoms with Gasteiger partial charge in [-0.25, -0.2) is 4.79 Å². The van der Waals surface area contributed by atoms with Gasteiger partial charge in [-0.05, 0) is 31.9 Å². The Labute approximate surface area is 182 Å². The van der Waals surface area contributed by atoms with Crippen molar-refractivity contribution in [1.82, 2.24) is 9.80 Å². The highest BCUT2D eigenvalue weighted by atomic mass is 19.4. The smallest absolute Gasteiger partial charge is 0.416 e. The molecule has 2 aliphatic rings. The predicted molar refractivity (Wildman–Crippen MR) is 108 cm³/mol. The van der Waals surface area contributed by atoms with Crippen LogP contribution in [0.4, 0.5) is 29.3 Å². The van der Waals surface area contributed by atoms with Crippen LogP contribution in [0.1, 0.15) is 25.3 Å². The zero-order valence-electron chi connectivity index (χ0n) is 17.6. The first-order valence-corrected chi connectivity index (χ1v) is 10.4. The Hall–Kier alpha value is -3.05. The molecule has 32 heavy (non-hydrogen) atoms. The van der Waals surface area contributed by atoms with E-state index in [1.807, 2.05) is 0 Å². The molecule has 0 unspecified atom stereocenters. The molecule has 0 saturated carbocycles. The number of amides is 2. The van der Waals surface area contributed by atoms with Gasteiger partial charge in [-0.15, -0.1) is 0 Å². The van der Waals surface area contributed by atoms with Gasteiger partial charge in [-0.1, -0.05) is 0 Å². The monoisotopic (exact) mass is 458 g/mol.